The number of ketones is 1. The summed E-state index contributed by atoms with van der Waals surface area (Å²) < 4.78 is 30.4. The van der Waals surface area contributed by atoms with E-state index in [0.717, 1.165) is 28.1 Å². The molecule has 8 heteroatoms. The number of benzene rings is 2. The van der Waals surface area contributed by atoms with Crippen LogP contribution in [0.3, 0.4) is 0 Å². The maximum atomic E-state index is 13.6. The number of anilines is 1. The van der Waals surface area contributed by atoms with Crippen molar-refractivity contribution in [3.05, 3.63) is 82.2 Å². The average molecular weight is 523 g/mol. The fraction of sp³-hybridized carbons (Fsp3) is 0.379. The van der Waals surface area contributed by atoms with Gasteiger partial charge >= 0.3 is 5.97 Å². The highest BCUT2D eigenvalue weighted by molar-refractivity contribution is 7.92. The van der Waals surface area contributed by atoms with Gasteiger partial charge in [0, 0.05) is 36.3 Å². The predicted octanol–water partition coefficient (Wildman–Crippen LogP) is 5.15. The van der Waals surface area contributed by atoms with Crippen LogP contribution in [0.2, 0.25) is 0 Å². The first-order valence-corrected chi connectivity index (χ1v) is 13.9. The Kier molecular flexibility index (Phi) is 7.08. The quantitative estimate of drug-likeness (QED) is 0.441. The predicted molar refractivity (Wildman–Crippen MR) is 144 cm³/mol. The van der Waals surface area contributed by atoms with Crippen molar-refractivity contribution in [3.8, 4) is 0 Å². The van der Waals surface area contributed by atoms with E-state index in [0.29, 0.717) is 30.5 Å². The Balaban J connectivity index is 1.83. The van der Waals surface area contributed by atoms with Crippen LogP contribution in [-0.2, 0) is 34.2 Å². The number of aliphatic carboxylic acids is 1. The van der Waals surface area contributed by atoms with E-state index >= 15 is 0 Å². The highest BCUT2D eigenvalue weighted by Crippen LogP contribution is 2.40. The highest BCUT2D eigenvalue weighted by atomic mass is 32.2. The number of para-hydroxylation sites is 1. The summed E-state index contributed by atoms with van der Waals surface area (Å²) in [5.74, 6) is -0.962. The van der Waals surface area contributed by atoms with Crippen LogP contribution in [-0.4, -0.2) is 36.4 Å². The number of sulfonamides is 1. The maximum Gasteiger partial charge on any atom is 0.323 e. The third kappa shape index (κ3) is 5.07. The standard InChI is InChI=1S/C29H34N2O5S/c1-6-31(37(35,36)22-13-11-19(2)12-14-22)24-10-8-7-9-21(24)15-23-20(3)30(18-27(33)34)25-16-29(4,5)17-26(32)28(23)25/h7-14H,6,15-18H2,1-5H3,(H,33,34). The summed E-state index contributed by atoms with van der Waals surface area (Å²) in [5.41, 5.74) is 4.88. The minimum atomic E-state index is -3.82. The molecule has 4 rings (SSSR count). The first-order chi connectivity index (χ1) is 17.4. The van der Waals surface area contributed by atoms with Crippen molar-refractivity contribution < 1.29 is 23.1 Å². The molecule has 1 heterocycles. The molecule has 0 radical (unpaired) electrons. The van der Waals surface area contributed by atoms with Crippen LogP contribution in [0.4, 0.5) is 5.69 Å². The van der Waals surface area contributed by atoms with Gasteiger partial charge in [0.15, 0.2) is 5.78 Å². The monoisotopic (exact) mass is 522 g/mol. The van der Waals surface area contributed by atoms with Gasteiger partial charge in [-0.1, -0.05) is 49.7 Å². The number of carboxylic acid groups (broad SMARTS) is 1. The number of fused-ring (bicyclic) bond motifs is 1. The summed E-state index contributed by atoms with van der Waals surface area (Å²) >= 11 is 0. The molecule has 2 aromatic carbocycles. The second kappa shape index (κ2) is 9.82. The Morgan fingerprint density at radius 1 is 1.05 bits per heavy atom. The Morgan fingerprint density at radius 2 is 1.70 bits per heavy atom. The number of rotatable bonds is 8. The number of hydrogen-bond donors (Lipinski definition) is 1. The summed E-state index contributed by atoms with van der Waals surface area (Å²) in [4.78, 5) is 25.2. The SMILES string of the molecule is CCN(c1ccccc1Cc1c2c(n(CC(=O)O)c1C)CC(C)(C)CC2=O)S(=O)(=O)c1ccc(C)cc1. The Hall–Kier alpha value is -3.39. The van der Waals surface area contributed by atoms with Gasteiger partial charge in [0.2, 0.25) is 0 Å². The van der Waals surface area contributed by atoms with Crippen LogP contribution in [0.5, 0.6) is 0 Å². The van der Waals surface area contributed by atoms with Crippen LogP contribution in [0.15, 0.2) is 53.4 Å². The molecule has 1 aromatic heterocycles. The second-order valence-electron chi connectivity index (χ2n) is 10.6. The molecule has 0 saturated carbocycles. The van der Waals surface area contributed by atoms with Gasteiger partial charge in [-0.05, 0) is 61.9 Å². The summed E-state index contributed by atoms with van der Waals surface area (Å²) in [7, 11) is -3.82. The first kappa shape index (κ1) is 26.7. The number of aromatic nitrogens is 1. The summed E-state index contributed by atoms with van der Waals surface area (Å²) in [6.07, 6.45) is 1.31. The van der Waals surface area contributed by atoms with Crippen LogP contribution in [0.1, 0.15) is 65.6 Å². The van der Waals surface area contributed by atoms with Crippen LogP contribution in [0, 0.1) is 19.3 Å². The Bertz CT molecular complexity index is 1470. The third-order valence-electron chi connectivity index (χ3n) is 7.14. The average Bonchev–Trinajstić information content (AvgIpc) is 3.05. The molecule has 3 aromatic rings. The molecular weight excluding hydrogens is 488 g/mol. The van der Waals surface area contributed by atoms with Crippen molar-refractivity contribution in [2.45, 2.75) is 65.3 Å². The van der Waals surface area contributed by atoms with Gasteiger partial charge in [-0.3, -0.25) is 13.9 Å². The van der Waals surface area contributed by atoms with Crippen molar-refractivity contribution in [3.63, 3.8) is 0 Å². The van der Waals surface area contributed by atoms with Gasteiger partial charge < -0.3 is 9.67 Å². The van der Waals surface area contributed by atoms with E-state index in [1.165, 1.54) is 4.31 Å². The molecule has 0 fully saturated rings. The summed E-state index contributed by atoms with van der Waals surface area (Å²) in [6, 6.07) is 14.1. The highest BCUT2D eigenvalue weighted by Gasteiger charge is 2.37. The number of aryl methyl sites for hydroxylation is 1. The molecule has 0 unspecified atom stereocenters. The Morgan fingerprint density at radius 3 is 2.32 bits per heavy atom. The van der Waals surface area contributed by atoms with E-state index in [4.69, 9.17) is 0 Å². The van der Waals surface area contributed by atoms with Gasteiger partial charge in [-0.15, -0.1) is 0 Å². The molecule has 37 heavy (non-hydrogen) atoms. The van der Waals surface area contributed by atoms with Crippen LogP contribution >= 0.6 is 0 Å². The zero-order chi connectivity index (χ0) is 27.1. The lowest BCUT2D eigenvalue weighted by Crippen LogP contribution is -2.31. The van der Waals surface area contributed by atoms with Gasteiger partial charge in [0.1, 0.15) is 6.54 Å². The largest absolute Gasteiger partial charge is 0.480 e. The zero-order valence-corrected chi connectivity index (χ0v) is 22.9. The first-order valence-electron chi connectivity index (χ1n) is 12.5. The van der Waals surface area contributed by atoms with E-state index in [2.05, 4.69) is 0 Å². The molecule has 0 spiro atoms. The number of carboxylic acids is 1. The normalized spacial score (nSPS) is 14.9. The third-order valence-corrected chi connectivity index (χ3v) is 9.04. The van der Waals surface area contributed by atoms with Crippen molar-refractivity contribution in [1.82, 2.24) is 4.57 Å². The fourth-order valence-electron chi connectivity index (χ4n) is 5.37. The molecule has 1 N–H and O–H groups in total. The molecule has 0 bridgehead atoms. The van der Waals surface area contributed by atoms with Crippen LogP contribution < -0.4 is 4.31 Å². The fourth-order valence-corrected chi connectivity index (χ4v) is 6.89. The lowest BCUT2D eigenvalue weighted by Gasteiger charge is -2.30. The molecule has 7 nitrogen and oxygen atoms in total. The van der Waals surface area contributed by atoms with Gasteiger partial charge in [-0.25, -0.2) is 8.42 Å². The number of hydrogen-bond acceptors (Lipinski definition) is 4. The summed E-state index contributed by atoms with van der Waals surface area (Å²) in [6.45, 7) is 9.60. The van der Waals surface area contributed by atoms with Gasteiger partial charge in [-0.2, -0.15) is 0 Å². The number of Topliss-reactive ketones (excluding diaryl/α,β-unsaturated/α-hetero) is 1. The minimum absolute atomic E-state index is 0.00518. The minimum Gasteiger partial charge on any atom is -0.480 e. The molecule has 0 saturated heterocycles. The zero-order valence-electron chi connectivity index (χ0n) is 22.0. The Labute approximate surface area is 218 Å². The molecule has 0 atom stereocenters. The maximum absolute atomic E-state index is 13.6. The van der Waals surface area contributed by atoms with Crippen LogP contribution in [0.25, 0.3) is 0 Å². The smallest absolute Gasteiger partial charge is 0.323 e. The molecule has 0 aliphatic heterocycles. The summed E-state index contributed by atoms with van der Waals surface area (Å²) in [5, 5.41) is 9.57. The molecule has 196 valence electrons. The number of carbonyl (C=O) groups is 2. The van der Waals surface area contributed by atoms with E-state index in [1.54, 1.807) is 47.9 Å². The molecule has 0 amide bonds. The van der Waals surface area contributed by atoms with E-state index < -0.39 is 16.0 Å². The van der Waals surface area contributed by atoms with Crippen molar-refractivity contribution in [1.29, 1.82) is 0 Å². The number of carbonyl (C=O) groups excluding carboxylic acids is 1. The number of nitrogens with zero attached hydrogens (tertiary/aromatic N) is 2. The van der Waals surface area contributed by atoms with Crippen molar-refractivity contribution >= 4 is 27.5 Å². The molecular formula is C29H34N2O5S. The van der Waals surface area contributed by atoms with E-state index in [1.807, 2.05) is 39.8 Å². The lowest BCUT2D eigenvalue weighted by atomic mass is 9.75. The van der Waals surface area contributed by atoms with Crippen molar-refractivity contribution in [2.24, 2.45) is 5.41 Å². The molecule has 1 aliphatic rings. The van der Waals surface area contributed by atoms with Crippen molar-refractivity contribution in [2.75, 3.05) is 10.8 Å². The van der Waals surface area contributed by atoms with Gasteiger partial charge in [0.05, 0.1) is 10.6 Å². The van der Waals surface area contributed by atoms with E-state index in [-0.39, 0.29) is 29.2 Å². The van der Waals surface area contributed by atoms with Gasteiger partial charge in [0.25, 0.3) is 10.0 Å². The topological polar surface area (TPSA) is 96.7 Å². The second-order valence-corrected chi connectivity index (χ2v) is 12.5. The van der Waals surface area contributed by atoms with E-state index in [9.17, 15) is 23.1 Å². The molecule has 1 aliphatic carbocycles. The lowest BCUT2D eigenvalue weighted by molar-refractivity contribution is -0.137.